The Morgan fingerprint density at radius 2 is 1.30 bits per heavy atom. The molecule has 10 nitrogen and oxygen atoms in total. The largest absolute Gasteiger partial charge is 0.331 e. The number of hydroxylamine groups is 2. The highest BCUT2D eigenvalue weighted by Gasteiger charge is 2.31. The van der Waals surface area contributed by atoms with Crippen LogP contribution in [0, 0.1) is 0 Å². The summed E-state index contributed by atoms with van der Waals surface area (Å²) in [5.41, 5.74) is 0. The zero-order valence-corrected chi connectivity index (χ0v) is 16.3. The lowest BCUT2D eigenvalue weighted by Crippen LogP contribution is -2.30. The first-order chi connectivity index (χ1) is 12.4. The number of hydrogen-bond acceptors (Lipinski definition) is 8. The van der Waals surface area contributed by atoms with Crippen molar-refractivity contribution in [3.8, 4) is 0 Å². The summed E-state index contributed by atoms with van der Waals surface area (Å²) in [6, 6.07) is 0. The summed E-state index contributed by atoms with van der Waals surface area (Å²) in [6.07, 6.45) is 4.92. The number of hydrogen-bond donors (Lipinski definition) is 0. The van der Waals surface area contributed by atoms with Crippen molar-refractivity contribution in [2.75, 3.05) is 0 Å². The van der Waals surface area contributed by atoms with E-state index in [1.54, 1.807) is 12.4 Å². The average Bonchev–Trinajstić information content (AvgIpc) is 3.12. The first kappa shape index (κ1) is 26.1. The molecular weight excluding hydrogens is 358 g/mol. The van der Waals surface area contributed by atoms with Gasteiger partial charge in [-0.15, -0.1) is 5.06 Å². The smallest absolute Gasteiger partial charge is 0.330 e. The van der Waals surface area contributed by atoms with Gasteiger partial charge in [0.05, 0.1) is 0 Å². The van der Waals surface area contributed by atoms with Gasteiger partial charge in [0.25, 0.3) is 11.8 Å². The van der Waals surface area contributed by atoms with Crippen LogP contribution in [0.3, 0.4) is 0 Å². The SMILES string of the molecule is CC(=O)ON1C(=O)CCC1=O.CC(=O)n1ccnc1.CC(C)=O.CC(C)=O. The van der Waals surface area contributed by atoms with Crippen molar-refractivity contribution in [3.05, 3.63) is 18.7 Å². The summed E-state index contributed by atoms with van der Waals surface area (Å²) < 4.78 is 1.42. The summed E-state index contributed by atoms with van der Waals surface area (Å²) in [7, 11) is 0. The molecule has 0 aliphatic carbocycles. The molecule has 1 aromatic rings. The molecule has 1 aromatic heterocycles. The highest BCUT2D eigenvalue weighted by atomic mass is 16.7. The summed E-state index contributed by atoms with van der Waals surface area (Å²) >= 11 is 0. The van der Waals surface area contributed by atoms with Gasteiger partial charge in [-0.25, -0.2) is 9.78 Å². The number of imidazole rings is 1. The van der Waals surface area contributed by atoms with Crippen LogP contribution in [0.2, 0.25) is 0 Å². The van der Waals surface area contributed by atoms with Gasteiger partial charge in [0, 0.05) is 39.1 Å². The van der Waals surface area contributed by atoms with Crippen molar-refractivity contribution >= 4 is 35.3 Å². The maximum absolute atomic E-state index is 10.7. The maximum atomic E-state index is 10.7. The predicted octanol–water partition coefficient (Wildman–Crippen LogP) is 1.35. The molecule has 150 valence electrons. The highest BCUT2D eigenvalue weighted by molar-refractivity contribution is 6.01. The molecule has 27 heavy (non-hydrogen) atoms. The quantitative estimate of drug-likeness (QED) is 0.664. The molecule has 1 fully saturated rings. The molecule has 2 heterocycles. The average molecular weight is 383 g/mol. The van der Waals surface area contributed by atoms with E-state index in [0.29, 0.717) is 5.06 Å². The Balaban J connectivity index is 0. The van der Waals surface area contributed by atoms with Crippen molar-refractivity contribution in [1.29, 1.82) is 0 Å². The molecule has 10 heteroatoms. The summed E-state index contributed by atoms with van der Waals surface area (Å²) in [4.78, 5) is 69.2. The van der Waals surface area contributed by atoms with Crippen LogP contribution in [0.4, 0.5) is 0 Å². The fourth-order valence-corrected chi connectivity index (χ4v) is 1.23. The lowest BCUT2D eigenvalue weighted by Gasteiger charge is -2.09. The molecule has 0 N–H and O–H groups in total. The molecule has 1 saturated heterocycles. The Labute approximate surface area is 157 Å². The third-order valence-corrected chi connectivity index (χ3v) is 2.09. The molecule has 2 amide bonds. The van der Waals surface area contributed by atoms with Crippen molar-refractivity contribution in [1.82, 2.24) is 14.6 Å². The van der Waals surface area contributed by atoms with E-state index in [2.05, 4.69) is 9.82 Å². The molecule has 2 rings (SSSR count). The van der Waals surface area contributed by atoms with Crippen molar-refractivity contribution < 1.29 is 33.6 Å². The number of rotatable bonds is 1. The van der Waals surface area contributed by atoms with Gasteiger partial charge in [-0.1, -0.05) is 0 Å². The number of Topliss-reactive ketones (excluding diaryl/α,β-unsaturated/α-hetero) is 2. The van der Waals surface area contributed by atoms with E-state index in [0.717, 1.165) is 6.92 Å². The number of amides is 2. The monoisotopic (exact) mass is 383 g/mol. The van der Waals surface area contributed by atoms with E-state index in [4.69, 9.17) is 0 Å². The minimum Gasteiger partial charge on any atom is -0.331 e. The Morgan fingerprint density at radius 1 is 0.889 bits per heavy atom. The minimum atomic E-state index is -0.659. The molecule has 0 bridgehead atoms. The third kappa shape index (κ3) is 16.1. The number of aromatic nitrogens is 2. The van der Waals surface area contributed by atoms with Crippen LogP contribution in [0.5, 0.6) is 0 Å². The first-order valence-electron chi connectivity index (χ1n) is 7.86. The molecule has 0 aromatic carbocycles. The molecule has 0 unspecified atom stereocenters. The lowest BCUT2D eigenvalue weighted by molar-refractivity contribution is -0.195. The second-order valence-electron chi connectivity index (χ2n) is 5.47. The van der Waals surface area contributed by atoms with Crippen molar-refractivity contribution in [2.24, 2.45) is 0 Å². The molecule has 0 atom stereocenters. The van der Waals surface area contributed by atoms with E-state index in [9.17, 15) is 28.8 Å². The predicted molar refractivity (Wildman–Crippen MR) is 94.1 cm³/mol. The number of carbonyl (C=O) groups excluding carboxylic acids is 6. The van der Waals surface area contributed by atoms with Gasteiger partial charge in [0.15, 0.2) is 0 Å². The number of carbonyl (C=O) groups is 6. The summed E-state index contributed by atoms with van der Waals surface area (Å²) in [5.74, 6) is -1.24. The van der Waals surface area contributed by atoms with Gasteiger partial charge in [-0.3, -0.25) is 19.0 Å². The number of ketones is 2. The zero-order valence-electron chi connectivity index (χ0n) is 16.3. The molecule has 0 radical (unpaired) electrons. The lowest BCUT2D eigenvalue weighted by atomic mass is 10.4. The Morgan fingerprint density at radius 3 is 1.52 bits per heavy atom. The van der Waals surface area contributed by atoms with Gasteiger partial charge in [0.2, 0.25) is 5.91 Å². The minimum absolute atomic E-state index is 0.0116. The Bertz CT molecular complexity index is 630. The number of nitrogens with zero attached hydrogens (tertiary/aromatic N) is 3. The summed E-state index contributed by atoms with van der Waals surface area (Å²) in [6.45, 7) is 8.74. The summed E-state index contributed by atoms with van der Waals surface area (Å²) in [5, 5.41) is 0.516. The van der Waals surface area contributed by atoms with E-state index >= 15 is 0 Å². The molecule has 1 aliphatic heterocycles. The van der Waals surface area contributed by atoms with E-state index in [1.165, 1.54) is 45.5 Å². The van der Waals surface area contributed by atoms with Gasteiger partial charge in [-0.2, -0.15) is 0 Å². The van der Waals surface area contributed by atoms with Crippen LogP contribution in [0.1, 0.15) is 59.2 Å². The topological polar surface area (TPSA) is 133 Å². The second-order valence-corrected chi connectivity index (χ2v) is 5.47. The number of imide groups is 1. The highest BCUT2D eigenvalue weighted by Crippen LogP contribution is 2.11. The normalized spacial score (nSPS) is 11.7. The van der Waals surface area contributed by atoms with Gasteiger partial charge in [-0.05, 0) is 27.7 Å². The molecule has 1 aliphatic rings. The van der Waals surface area contributed by atoms with E-state index in [-0.39, 0.29) is 30.3 Å². The zero-order chi connectivity index (χ0) is 21.6. The van der Waals surface area contributed by atoms with E-state index in [1.807, 2.05) is 0 Å². The molecule has 0 spiro atoms. The van der Waals surface area contributed by atoms with Crippen LogP contribution < -0.4 is 0 Å². The Hall–Kier alpha value is -3.17. The Kier molecular flexibility index (Phi) is 13.6. The van der Waals surface area contributed by atoms with Gasteiger partial charge in [0.1, 0.15) is 17.9 Å². The first-order valence-corrected chi connectivity index (χ1v) is 7.86. The third-order valence-electron chi connectivity index (χ3n) is 2.09. The van der Waals surface area contributed by atoms with Crippen LogP contribution in [-0.4, -0.2) is 49.9 Å². The van der Waals surface area contributed by atoms with Crippen molar-refractivity contribution in [2.45, 2.75) is 54.4 Å². The van der Waals surface area contributed by atoms with E-state index < -0.39 is 17.8 Å². The molecule has 0 saturated carbocycles. The van der Waals surface area contributed by atoms with Gasteiger partial charge >= 0.3 is 5.97 Å². The van der Waals surface area contributed by atoms with Crippen molar-refractivity contribution in [3.63, 3.8) is 0 Å². The van der Waals surface area contributed by atoms with Crippen LogP contribution in [0.25, 0.3) is 0 Å². The standard InChI is InChI=1S/C6H7NO4.C5H6N2O.2C3H6O/c1-4(8)11-7-5(9)2-3-6(7)10;1-5(8)7-3-2-6-4-7;2*1-3(2)4/h2-3H2,1H3;2-4H,1H3;2*1-2H3. The van der Waals surface area contributed by atoms with Crippen LogP contribution >= 0.6 is 0 Å². The maximum Gasteiger partial charge on any atom is 0.330 e. The molecular formula is C17H25N3O7. The van der Waals surface area contributed by atoms with Crippen LogP contribution in [0.15, 0.2) is 18.7 Å². The fourth-order valence-electron chi connectivity index (χ4n) is 1.23. The van der Waals surface area contributed by atoms with Gasteiger partial charge < -0.3 is 14.4 Å². The second kappa shape index (κ2) is 14.0. The fraction of sp³-hybridized carbons (Fsp3) is 0.471. The van der Waals surface area contributed by atoms with Crippen LogP contribution in [-0.2, 0) is 28.8 Å².